The maximum atomic E-state index is 0. The molecule has 43 valence electrons. The molecule has 0 fully saturated rings. The Labute approximate surface area is 71.5 Å². The van der Waals surface area contributed by atoms with Crippen molar-refractivity contribution >= 4 is 0 Å². The van der Waals surface area contributed by atoms with Gasteiger partial charge in [0.15, 0.2) is 0 Å². The third kappa shape index (κ3) is 8.87. The molecule has 0 rings (SSSR count). The Hall–Kier alpha value is 2.25. The average Bonchev–Trinajstić information content (AvgIpc) is 0. The third-order valence-corrected chi connectivity index (χ3v) is 0. The zero-order valence-corrected chi connectivity index (χ0v) is 6.32. The van der Waals surface area contributed by atoms with Crippen molar-refractivity contribution in [3.05, 3.63) is 0 Å². The first-order valence-electron chi connectivity index (χ1n) is 0. The molecule has 4 heavy (non-hydrogen) atoms. The summed E-state index contributed by atoms with van der Waals surface area (Å²) < 4.78 is 0. The first-order chi connectivity index (χ1) is 0. The Balaban J connectivity index is 0. The van der Waals surface area contributed by atoms with Gasteiger partial charge in [-0.3, -0.25) is 0 Å². The van der Waals surface area contributed by atoms with Crippen LogP contribution in [0.2, 0.25) is 0 Å². The molecule has 0 saturated heterocycles. The van der Waals surface area contributed by atoms with Crippen molar-refractivity contribution in [1.29, 1.82) is 0 Å². The minimum atomic E-state index is 0. The summed E-state index contributed by atoms with van der Waals surface area (Å²) in [7, 11) is 0. The molecule has 0 unspecified atom stereocenters. The Bertz CT molecular complexity index is 3.25. The average molecular weight is 386 g/mol. The Morgan fingerprint density at radius 3 is 0.500 bits per heavy atom. The smallest absolute Gasteiger partial charge is 0 e. The van der Waals surface area contributed by atoms with Crippen molar-refractivity contribution in [1.82, 2.24) is 0 Å². The van der Waals surface area contributed by atoms with Crippen molar-refractivity contribution in [3.63, 3.8) is 0 Å². The van der Waals surface area contributed by atoms with Crippen LogP contribution < -0.4 is 0 Å². The summed E-state index contributed by atoms with van der Waals surface area (Å²) in [6.45, 7) is 0. The van der Waals surface area contributed by atoms with E-state index in [1.807, 2.05) is 0 Å². The second-order valence-electron chi connectivity index (χ2n) is 0. The molecule has 0 N–H and O–H groups in total. The molecule has 0 bridgehead atoms. The molecule has 3 radical (unpaired) electrons. The van der Waals surface area contributed by atoms with Crippen molar-refractivity contribution < 1.29 is 72.3 Å². The van der Waals surface area contributed by atoms with Gasteiger partial charge in [-0.05, 0) is 0 Å². The second kappa shape index (κ2) is 18.7. The SMILES string of the molecule is [Cu].[Cu].[Cu].[Pt]. The normalized spacial score (nSPS) is 0. The summed E-state index contributed by atoms with van der Waals surface area (Å²) in [6, 6.07) is 0. The Morgan fingerprint density at radius 2 is 0.500 bits per heavy atom. The van der Waals surface area contributed by atoms with Gasteiger partial charge in [0.2, 0.25) is 0 Å². The summed E-state index contributed by atoms with van der Waals surface area (Å²) in [5, 5.41) is 0. The molecule has 0 aromatic carbocycles. The molecule has 0 nitrogen and oxygen atoms in total. The van der Waals surface area contributed by atoms with Crippen molar-refractivity contribution in [2.45, 2.75) is 0 Å². The van der Waals surface area contributed by atoms with Gasteiger partial charge in [-0.25, -0.2) is 0 Å². The van der Waals surface area contributed by atoms with E-state index in [9.17, 15) is 0 Å². The summed E-state index contributed by atoms with van der Waals surface area (Å²) in [4.78, 5) is 0. The van der Waals surface area contributed by atoms with Crippen molar-refractivity contribution in [3.8, 4) is 0 Å². The topological polar surface area (TPSA) is 0 Å². The maximum Gasteiger partial charge on any atom is 0 e. The van der Waals surface area contributed by atoms with Gasteiger partial charge in [0.1, 0.15) is 0 Å². The van der Waals surface area contributed by atoms with Crippen molar-refractivity contribution in [2.24, 2.45) is 0 Å². The van der Waals surface area contributed by atoms with Crippen LogP contribution in [-0.4, -0.2) is 0 Å². The predicted molar refractivity (Wildman–Crippen MR) is 0 cm³/mol. The quantitative estimate of drug-likeness (QED) is 0.515. The zero-order chi connectivity index (χ0) is 0. The van der Waals surface area contributed by atoms with Crippen LogP contribution in [0.3, 0.4) is 0 Å². The number of hydrogen-bond acceptors (Lipinski definition) is 0. The van der Waals surface area contributed by atoms with E-state index in [0.29, 0.717) is 0 Å². The fourth-order valence-corrected chi connectivity index (χ4v) is 0. The fraction of sp³-hybridized carbons (Fsp3) is 0. The molecule has 0 aliphatic heterocycles. The molecule has 0 aliphatic carbocycles. The van der Waals surface area contributed by atoms with E-state index in [1.54, 1.807) is 0 Å². The molecule has 0 spiro atoms. The summed E-state index contributed by atoms with van der Waals surface area (Å²) >= 11 is 0. The Morgan fingerprint density at radius 1 is 0.500 bits per heavy atom. The van der Waals surface area contributed by atoms with Gasteiger partial charge < -0.3 is 0 Å². The molecular formula is Cu3Pt. The van der Waals surface area contributed by atoms with E-state index >= 15 is 0 Å². The monoisotopic (exact) mass is 384 g/mol. The number of rotatable bonds is 0. The minimum absolute atomic E-state index is 0. The minimum Gasteiger partial charge on any atom is 0 e. The summed E-state index contributed by atoms with van der Waals surface area (Å²) in [6.07, 6.45) is 0. The molecule has 0 amide bonds. The zero-order valence-electron chi connectivity index (χ0n) is 1.22. The van der Waals surface area contributed by atoms with Crippen LogP contribution in [0.15, 0.2) is 0 Å². The summed E-state index contributed by atoms with van der Waals surface area (Å²) in [5.74, 6) is 0. The van der Waals surface area contributed by atoms with E-state index in [0.717, 1.165) is 0 Å². The third-order valence-electron chi connectivity index (χ3n) is 0. The van der Waals surface area contributed by atoms with Crippen LogP contribution in [-0.2, 0) is 72.3 Å². The van der Waals surface area contributed by atoms with Gasteiger partial charge in [-0.1, -0.05) is 0 Å². The molecule has 0 aromatic rings. The van der Waals surface area contributed by atoms with Crippen LogP contribution in [0.5, 0.6) is 0 Å². The van der Waals surface area contributed by atoms with Gasteiger partial charge in [-0.2, -0.15) is 0 Å². The molecule has 0 atom stereocenters. The summed E-state index contributed by atoms with van der Waals surface area (Å²) in [5.41, 5.74) is 0. The van der Waals surface area contributed by atoms with Crippen LogP contribution in [0.1, 0.15) is 0 Å². The molecule has 0 saturated carbocycles. The number of hydrogen-bond donors (Lipinski definition) is 0. The van der Waals surface area contributed by atoms with Gasteiger partial charge in [0.25, 0.3) is 0 Å². The van der Waals surface area contributed by atoms with E-state index < -0.39 is 0 Å². The molecule has 0 heterocycles. The standard InChI is InChI=1S/3Cu.Pt. The van der Waals surface area contributed by atoms with Gasteiger partial charge in [0.05, 0.1) is 0 Å². The molecule has 0 aromatic heterocycles. The molecular weight excluding hydrogens is 386 g/mol. The largest absolute Gasteiger partial charge is 0 e. The predicted octanol–water partition coefficient (Wildman–Crippen LogP) is -0.0100. The van der Waals surface area contributed by atoms with Gasteiger partial charge in [0, 0.05) is 72.3 Å². The first kappa shape index (κ1) is 34.1. The fourth-order valence-electron chi connectivity index (χ4n) is 0. The molecule has 0 aliphatic rings. The first-order valence-corrected chi connectivity index (χ1v) is 0. The van der Waals surface area contributed by atoms with E-state index in [-0.39, 0.29) is 72.3 Å². The van der Waals surface area contributed by atoms with E-state index in [1.165, 1.54) is 0 Å². The van der Waals surface area contributed by atoms with Crippen LogP contribution in [0.4, 0.5) is 0 Å². The maximum absolute atomic E-state index is 0. The van der Waals surface area contributed by atoms with Crippen LogP contribution in [0.25, 0.3) is 0 Å². The van der Waals surface area contributed by atoms with E-state index in [2.05, 4.69) is 0 Å². The molecule has 4 heteroatoms. The second-order valence-corrected chi connectivity index (χ2v) is 0. The van der Waals surface area contributed by atoms with E-state index in [4.69, 9.17) is 0 Å². The van der Waals surface area contributed by atoms with Crippen molar-refractivity contribution in [2.75, 3.05) is 0 Å². The van der Waals surface area contributed by atoms with Crippen LogP contribution >= 0.6 is 0 Å². The van der Waals surface area contributed by atoms with Gasteiger partial charge in [-0.15, -0.1) is 0 Å². The Kier molecular flexibility index (Phi) is 160. The van der Waals surface area contributed by atoms with Gasteiger partial charge >= 0.3 is 0 Å². The van der Waals surface area contributed by atoms with Crippen LogP contribution in [0, 0.1) is 0 Å².